The summed E-state index contributed by atoms with van der Waals surface area (Å²) in [6, 6.07) is 3.19. The highest BCUT2D eigenvalue weighted by atomic mass is 32.1. The van der Waals surface area contributed by atoms with Gasteiger partial charge in [-0.25, -0.2) is 4.68 Å². The summed E-state index contributed by atoms with van der Waals surface area (Å²) < 4.78 is 6.78. The number of amides is 1. The molecule has 9 nitrogen and oxygen atoms in total. The molecule has 2 aromatic heterocycles. The number of carbonyl (C=O) groups is 1. The maximum Gasteiger partial charge on any atom is 0.267 e. The number of hydrogen-bond donors (Lipinski definition) is 1. The molecule has 0 saturated carbocycles. The molecule has 0 bridgehead atoms. The van der Waals surface area contributed by atoms with Crippen LogP contribution in [0, 0.1) is 5.92 Å². The Labute approximate surface area is 166 Å². The minimum absolute atomic E-state index is 0.0311. The van der Waals surface area contributed by atoms with Crippen LogP contribution in [-0.2, 0) is 16.1 Å². The van der Waals surface area contributed by atoms with Crippen LogP contribution >= 0.6 is 11.3 Å². The van der Waals surface area contributed by atoms with Crippen LogP contribution in [0.25, 0.3) is 0 Å². The molecule has 0 aliphatic carbocycles. The Morgan fingerprint density at radius 2 is 2.11 bits per heavy atom. The van der Waals surface area contributed by atoms with Gasteiger partial charge in [0, 0.05) is 25.8 Å². The Bertz CT molecular complexity index is 883. The Morgan fingerprint density at radius 1 is 1.29 bits per heavy atom. The van der Waals surface area contributed by atoms with Crippen molar-refractivity contribution < 1.29 is 9.53 Å². The van der Waals surface area contributed by atoms with Gasteiger partial charge in [0.1, 0.15) is 23.5 Å². The fourth-order valence-electron chi connectivity index (χ4n) is 3.44. The van der Waals surface area contributed by atoms with Crippen LogP contribution in [0.4, 0.5) is 10.9 Å². The maximum atomic E-state index is 12.4. The average molecular weight is 404 g/mol. The van der Waals surface area contributed by atoms with Crippen LogP contribution in [0.3, 0.4) is 0 Å². The number of ether oxygens (including phenoxy) is 1. The van der Waals surface area contributed by atoms with Gasteiger partial charge in [0.15, 0.2) is 0 Å². The second kappa shape index (κ2) is 8.36. The molecule has 2 aliphatic heterocycles. The summed E-state index contributed by atoms with van der Waals surface area (Å²) >= 11 is 1.30. The molecule has 1 amide bonds. The minimum atomic E-state index is -0.353. The Morgan fingerprint density at radius 3 is 2.86 bits per heavy atom. The first-order valence-electron chi connectivity index (χ1n) is 9.66. The van der Waals surface area contributed by atoms with E-state index in [0.717, 1.165) is 56.2 Å². The molecule has 4 rings (SSSR count). The zero-order valence-corrected chi connectivity index (χ0v) is 16.7. The number of hydrogen-bond acceptors (Lipinski definition) is 8. The lowest BCUT2D eigenvalue weighted by Gasteiger charge is -2.31. The van der Waals surface area contributed by atoms with Gasteiger partial charge in [0.25, 0.3) is 5.56 Å². The van der Waals surface area contributed by atoms with E-state index < -0.39 is 0 Å². The fourth-order valence-corrected chi connectivity index (χ4v) is 4.28. The van der Waals surface area contributed by atoms with Gasteiger partial charge < -0.3 is 9.64 Å². The number of carbonyl (C=O) groups excluding carboxylic acids is 1. The van der Waals surface area contributed by atoms with Gasteiger partial charge in [-0.2, -0.15) is 5.10 Å². The summed E-state index contributed by atoms with van der Waals surface area (Å²) in [5, 5.41) is 16.4. The highest BCUT2D eigenvalue weighted by Gasteiger charge is 2.23. The topological polar surface area (TPSA) is 102 Å². The molecule has 2 aromatic rings. The summed E-state index contributed by atoms with van der Waals surface area (Å²) in [5.74, 6) is 1.09. The van der Waals surface area contributed by atoms with Crippen molar-refractivity contribution in [1.29, 1.82) is 0 Å². The molecule has 2 aliphatic rings. The molecule has 2 saturated heterocycles. The van der Waals surface area contributed by atoms with Crippen LogP contribution < -0.4 is 15.8 Å². The first-order chi connectivity index (χ1) is 13.6. The molecule has 0 unspecified atom stereocenters. The standard InChI is InChI=1S/C18H24N6O3S/c1-12-6-8-23(9-7-12)14-4-5-16(26)24(22-14)11-15(25)19-18-21-20-17(28-18)13-3-2-10-27-13/h4-5,12-13H,2-3,6-11H2,1H3,(H,19,21,25)/t13-/m1/s1. The average Bonchev–Trinajstić information content (AvgIpc) is 3.36. The van der Waals surface area contributed by atoms with Crippen molar-refractivity contribution in [1.82, 2.24) is 20.0 Å². The van der Waals surface area contributed by atoms with Crippen LogP contribution in [-0.4, -0.2) is 45.6 Å². The van der Waals surface area contributed by atoms with E-state index in [-0.39, 0.29) is 24.1 Å². The Kier molecular flexibility index (Phi) is 5.67. The van der Waals surface area contributed by atoms with E-state index in [0.29, 0.717) is 11.0 Å². The molecule has 150 valence electrons. The van der Waals surface area contributed by atoms with Gasteiger partial charge in [0.2, 0.25) is 11.0 Å². The van der Waals surface area contributed by atoms with E-state index in [1.165, 1.54) is 22.1 Å². The van der Waals surface area contributed by atoms with Crippen molar-refractivity contribution in [2.24, 2.45) is 5.92 Å². The van der Waals surface area contributed by atoms with E-state index in [1.807, 2.05) is 0 Å². The van der Waals surface area contributed by atoms with Gasteiger partial charge >= 0.3 is 0 Å². The van der Waals surface area contributed by atoms with Crippen molar-refractivity contribution in [2.45, 2.75) is 45.3 Å². The number of nitrogens with zero attached hydrogens (tertiary/aromatic N) is 5. The summed E-state index contributed by atoms with van der Waals surface area (Å²) in [7, 11) is 0. The third-order valence-corrected chi connectivity index (χ3v) is 6.08. The Hall–Kier alpha value is -2.33. The molecule has 28 heavy (non-hydrogen) atoms. The van der Waals surface area contributed by atoms with E-state index in [4.69, 9.17) is 4.74 Å². The third kappa shape index (κ3) is 4.39. The van der Waals surface area contributed by atoms with Gasteiger partial charge in [-0.05, 0) is 37.7 Å². The fraction of sp³-hybridized carbons (Fsp3) is 0.611. The van der Waals surface area contributed by atoms with Crippen LogP contribution in [0.1, 0.15) is 43.7 Å². The molecular weight excluding hydrogens is 380 g/mol. The smallest absolute Gasteiger partial charge is 0.267 e. The van der Waals surface area contributed by atoms with Gasteiger partial charge in [0.05, 0.1) is 0 Å². The van der Waals surface area contributed by atoms with Gasteiger partial charge in [-0.1, -0.05) is 18.3 Å². The molecule has 1 N–H and O–H groups in total. The SMILES string of the molecule is CC1CCN(c2ccc(=O)n(CC(=O)Nc3nnc([C@H]4CCCO4)s3)n2)CC1. The normalized spacial score (nSPS) is 20.5. The summed E-state index contributed by atoms with van der Waals surface area (Å²) in [5.41, 5.74) is -0.304. The number of piperidine rings is 1. The van der Waals surface area contributed by atoms with Crippen LogP contribution in [0.5, 0.6) is 0 Å². The second-order valence-corrected chi connectivity index (χ2v) is 8.36. The van der Waals surface area contributed by atoms with Crippen molar-refractivity contribution in [3.8, 4) is 0 Å². The first-order valence-corrected chi connectivity index (χ1v) is 10.5. The van der Waals surface area contributed by atoms with Crippen molar-refractivity contribution >= 4 is 28.2 Å². The maximum absolute atomic E-state index is 12.4. The third-order valence-electron chi connectivity index (χ3n) is 5.15. The summed E-state index contributed by atoms with van der Waals surface area (Å²) in [6.45, 7) is 4.64. The van der Waals surface area contributed by atoms with Crippen LogP contribution in [0.2, 0.25) is 0 Å². The minimum Gasteiger partial charge on any atom is -0.371 e. The summed E-state index contributed by atoms with van der Waals surface area (Å²) in [6.07, 6.45) is 4.10. The lowest BCUT2D eigenvalue weighted by Crippen LogP contribution is -2.36. The zero-order chi connectivity index (χ0) is 19.5. The lowest BCUT2D eigenvalue weighted by molar-refractivity contribution is -0.117. The molecule has 0 aromatic carbocycles. The van der Waals surface area contributed by atoms with E-state index in [1.54, 1.807) is 6.07 Å². The van der Waals surface area contributed by atoms with Crippen molar-refractivity contribution in [3.63, 3.8) is 0 Å². The van der Waals surface area contributed by atoms with E-state index in [2.05, 4.69) is 32.4 Å². The molecule has 0 radical (unpaired) electrons. The van der Waals surface area contributed by atoms with E-state index in [9.17, 15) is 9.59 Å². The second-order valence-electron chi connectivity index (χ2n) is 7.35. The largest absolute Gasteiger partial charge is 0.371 e. The number of aromatic nitrogens is 4. The monoisotopic (exact) mass is 404 g/mol. The number of anilines is 2. The van der Waals surface area contributed by atoms with Gasteiger partial charge in [-0.15, -0.1) is 10.2 Å². The lowest BCUT2D eigenvalue weighted by atomic mass is 9.99. The molecule has 4 heterocycles. The van der Waals surface area contributed by atoms with Crippen molar-refractivity contribution in [3.05, 3.63) is 27.5 Å². The van der Waals surface area contributed by atoms with E-state index >= 15 is 0 Å². The Balaban J connectivity index is 1.40. The summed E-state index contributed by atoms with van der Waals surface area (Å²) in [4.78, 5) is 26.7. The predicted octanol–water partition coefficient (Wildman–Crippen LogP) is 1.82. The highest BCUT2D eigenvalue weighted by molar-refractivity contribution is 7.15. The molecule has 10 heteroatoms. The number of nitrogens with one attached hydrogen (secondary N) is 1. The zero-order valence-electron chi connectivity index (χ0n) is 15.8. The van der Waals surface area contributed by atoms with Gasteiger partial charge in [-0.3, -0.25) is 14.9 Å². The quantitative estimate of drug-likeness (QED) is 0.811. The predicted molar refractivity (Wildman–Crippen MR) is 106 cm³/mol. The molecule has 2 fully saturated rings. The molecular formula is C18H24N6O3S. The van der Waals surface area contributed by atoms with Crippen LogP contribution in [0.15, 0.2) is 16.9 Å². The molecule has 1 atom stereocenters. The molecule has 0 spiro atoms. The number of rotatable bonds is 5. The van der Waals surface area contributed by atoms with Crippen molar-refractivity contribution in [2.75, 3.05) is 29.9 Å². The first kappa shape index (κ1) is 19.0. The highest BCUT2D eigenvalue weighted by Crippen LogP contribution is 2.31.